The Morgan fingerprint density at radius 2 is 1.89 bits per heavy atom. The van der Waals surface area contributed by atoms with Crippen molar-refractivity contribution in [2.45, 2.75) is 13.2 Å². The minimum atomic E-state index is -0.299. The van der Waals surface area contributed by atoms with E-state index in [0.29, 0.717) is 23.4 Å². The quantitative estimate of drug-likeness (QED) is 0.936. The van der Waals surface area contributed by atoms with Crippen LogP contribution in [-0.2, 0) is 13.2 Å². The number of nitrogens with two attached hydrogens (primary N) is 1. The van der Waals surface area contributed by atoms with E-state index in [1.807, 2.05) is 24.3 Å². The monoisotopic (exact) mass is 309 g/mol. The zero-order chi connectivity index (χ0) is 13.0. The Labute approximate surface area is 114 Å². The normalized spacial score (nSPS) is 10.4. The van der Waals surface area contributed by atoms with Crippen LogP contribution in [0.1, 0.15) is 11.1 Å². The van der Waals surface area contributed by atoms with Crippen LogP contribution in [0.25, 0.3) is 0 Å². The average Bonchev–Trinajstić information content (AvgIpc) is 2.40. The molecule has 0 saturated heterocycles. The average molecular weight is 310 g/mol. The summed E-state index contributed by atoms with van der Waals surface area (Å²) in [6, 6.07) is 12.5. The van der Waals surface area contributed by atoms with Gasteiger partial charge in [-0.05, 0) is 45.3 Å². The summed E-state index contributed by atoms with van der Waals surface area (Å²) in [5.41, 5.74) is 7.68. The summed E-state index contributed by atoms with van der Waals surface area (Å²) < 4.78 is 19.0. The molecule has 2 aromatic carbocycles. The second kappa shape index (κ2) is 5.98. The smallest absolute Gasteiger partial charge is 0.137 e. The third-order valence-corrected chi connectivity index (χ3v) is 3.13. The van der Waals surface area contributed by atoms with E-state index in [1.54, 1.807) is 12.1 Å². The molecule has 0 aromatic heterocycles. The molecule has 4 heteroatoms. The molecule has 0 saturated carbocycles. The van der Waals surface area contributed by atoms with E-state index >= 15 is 0 Å². The van der Waals surface area contributed by atoms with Crippen molar-refractivity contribution >= 4 is 15.9 Å². The molecule has 0 spiro atoms. The van der Waals surface area contributed by atoms with Gasteiger partial charge in [0.25, 0.3) is 0 Å². The Morgan fingerprint density at radius 1 is 1.11 bits per heavy atom. The lowest BCUT2D eigenvalue weighted by Crippen LogP contribution is -2.00. The van der Waals surface area contributed by atoms with Crippen LogP contribution >= 0.6 is 15.9 Å². The summed E-state index contributed by atoms with van der Waals surface area (Å²) in [6.45, 7) is 0.946. The van der Waals surface area contributed by atoms with Gasteiger partial charge in [0.15, 0.2) is 0 Å². The van der Waals surface area contributed by atoms with Crippen molar-refractivity contribution in [2.75, 3.05) is 0 Å². The third kappa shape index (κ3) is 3.31. The van der Waals surface area contributed by atoms with Gasteiger partial charge in [-0.2, -0.15) is 0 Å². The fourth-order valence-corrected chi connectivity index (χ4v) is 1.94. The first-order chi connectivity index (χ1) is 8.69. The SMILES string of the molecule is NCc1cccc(COc2ccc(F)c(Br)c2)c1. The summed E-state index contributed by atoms with van der Waals surface area (Å²) >= 11 is 3.12. The summed E-state index contributed by atoms with van der Waals surface area (Å²) in [7, 11) is 0. The zero-order valence-corrected chi connectivity index (χ0v) is 11.3. The molecule has 0 amide bonds. The molecule has 2 nitrogen and oxygen atoms in total. The van der Waals surface area contributed by atoms with Crippen molar-refractivity contribution in [3.63, 3.8) is 0 Å². The standard InChI is InChI=1S/C14H13BrFNO/c15-13-7-12(4-5-14(13)16)18-9-11-3-1-2-10(6-11)8-17/h1-7H,8-9,17H2. The van der Waals surface area contributed by atoms with Crippen molar-refractivity contribution in [3.8, 4) is 5.75 Å². The summed E-state index contributed by atoms with van der Waals surface area (Å²) in [5, 5.41) is 0. The van der Waals surface area contributed by atoms with E-state index < -0.39 is 0 Å². The third-order valence-electron chi connectivity index (χ3n) is 2.52. The fourth-order valence-electron chi connectivity index (χ4n) is 1.58. The van der Waals surface area contributed by atoms with Crippen LogP contribution in [-0.4, -0.2) is 0 Å². The molecule has 0 bridgehead atoms. The maximum absolute atomic E-state index is 13.0. The van der Waals surface area contributed by atoms with E-state index in [4.69, 9.17) is 10.5 Å². The molecule has 0 unspecified atom stereocenters. The van der Waals surface area contributed by atoms with E-state index in [9.17, 15) is 4.39 Å². The molecule has 18 heavy (non-hydrogen) atoms. The predicted octanol–water partition coefficient (Wildman–Crippen LogP) is 3.63. The Hall–Kier alpha value is -1.39. The molecule has 0 atom stereocenters. The first-order valence-electron chi connectivity index (χ1n) is 5.55. The maximum atomic E-state index is 13.0. The number of benzene rings is 2. The highest BCUT2D eigenvalue weighted by Crippen LogP contribution is 2.22. The van der Waals surface area contributed by atoms with Crippen molar-refractivity contribution in [2.24, 2.45) is 5.73 Å². The highest BCUT2D eigenvalue weighted by molar-refractivity contribution is 9.10. The van der Waals surface area contributed by atoms with Crippen LogP contribution in [0.3, 0.4) is 0 Å². The van der Waals surface area contributed by atoms with Gasteiger partial charge in [0.05, 0.1) is 4.47 Å². The van der Waals surface area contributed by atoms with Gasteiger partial charge in [-0.15, -0.1) is 0 Å². The van der Waals surface area contributed by atoms with Crippen LogP contribution in [0.5, 0.6) is 5.75 Å². The Morgan fingerprint density at radius 3 is 2.61 bits per heavy atom. The molecule has 2 N–H and O–H groups in total. The molecular weight excluding hydrogens is 297 g/mol. The predicted molar refractivity (Wildman–Crippen MR) is 72.8 cm³/mol. The number of ether oxygens (including phenoxy) is 1. The molecule has 0 radical (unpaired) electrons. The molecule has 0 aliphatic carbocycles. The van der Waals surface area contributed by atoms with Gasteiger partial charge >= 0.3 is 0 Å². The Balaban J connectivity index is 2.04. The van der Waals surface area contributed by atoms with Crippen LogP contribution in [0.2, 0.25) is 0 Å². The van der Waals surface area contributed by atoms with Crippen LogP contribution in [0.4, 0.5) is 4.39 Å². The molecule has 94 valence electrons. The molecule has 2 aromatic rings. The zero-order valence-electron chi connectivity index (χ0n) is 9.70. The Bertz CT molecular complexity index is 545. The van der Waals surface area contributed by atoms with Gasteiger partial charge in [-0.3, -0.25) is 0 Å². The van der Waals surface area contributed by atoms with Gasteiger partial charge in [0, 0.05) is 6.54 Å². The number of rotatable bonds is 4. The van der Waals surface area contributed by atoms with Gasteiger partial charge < -0.3 is 10.5 Å². The number of hydrogen-bond acceptors (Lipinski definition) is 2. The van der Waals surface area contributed by atoms with E-state index in [-0.39, 0.29) is 5.82 Å². The fraction of sp³-hybridized carbons (Fsp3) is 0.143. The highest BCUT2D eigenvalue weighted by Gasteiger charge is 2.02. The van der Waals surface area contributed by atoms with Gasteiger partial charge in [-0.1, -0.05) is 24.3 Å². The topological polar surface area (TPSA) is 35.2 Å². The van der Waals surface area contributed by atoms with Gasteiger partial charge in [-0.25, -0.2) is 4.39 Å². The second-order valence-electron chi connectivity index (χ2n) is 3.89. The summed E-state index contributed by atoms with van der Waals surface area (Å²) in [5.74, 6) is 0.328. The van der Waals surface area contributed by atoms with Crippen molar-refractivity contribution in [3.05, 3.63) is 63.9 Å². The van der Waals surface area contributed by atoms with Gasteiger partial charge in [0.1, 0.15) is 18.2 Å². The van der Waals surface area contributed by atoms with E-state index in [2.05, 4.69) is 15.9 Å². The summed E-state index contributed by atoms with van der Waals surface area (Å²) in [6.07, 6.45) is 0. The molecule has 0 heterocycles. The number of halogens is 2. The molecule has 2 rings (SSSR count). The molecular formula is C14H13BrFNO. The van der Waals surface area contributed by atoms with Crippen LogP contribution in [0, 0.1) is 5.82 Å². The Kier molecular flexibility index (Phi) is 4.33. The minimum Gasteiger partial charge on any atom is -0.489 e. The van der Waals surface area contributed by atoms with Crippen molar-refractivity contribution < 1.29 is 9.13 Å². The highest BCUT2D eigenvalue weighted by atomic mass is 79.9. The first kappa shape index (κ1) is 13.1. The van der Waals surface area contributed by atoms with Crippen LogP contribution < -0.4 is 10.5 Å². The summed E-state index contributed by atoms with van der Waals surface area (Å²) in [4.78, 5) is 0. The first-order valence-corrected chi connectivity index (χ1v) is 6.34. The second-order valence-corrected chi connectivity index (χ2v) is 4.74. The lowest BCUT2D eigenvalue weighted by molar-refractivity contribution is 0.305. The van der Waals surface area contributed by atoms with Crippen molar-refractivity contribution in [1.29, 1.82) is 0 Å². The number of hydrogen-bond donors (Lipinski definition) is 1. The van der Waals surface area contributed by atoms with Gasteiger partial charge in [0.2, 0.25) is 0 Å². The molecule has 0 aliphatic heterocycles. The largest absolute Gasteiger partial charge is 0.489 e. The molecule has 0 aliphatic rings. The van der Waals surface area contributed by atoms with E-state index in [1.165, 1.54) is 6.07 Å². The van der Waals surface area contributed by atoms with E-state index in [0.717, 1.165) is 11.1 Å². The minimum absolute atomic E-state index is 0.299. The van der Waals surface area contributed by atoms with Crippen LogP contribution in [0.15, 0.2) is 46.9 Å². The molecule has 0 fully saturated rings. The van der Waals surface area contributed by atoms with Crippen molar-refractivity contribution in [1.82, 2.24) is 0 Å². The lowest BCUT2D eigenvalue weighted by Gasteiger charge is -2.08. The lowest BCUT2D eigenvalue weighted by atomic mass is 10.1. The maximum Gasteiger partial charge on any atom is 0.137 e.